The molecule has 0 saturated heterocycles. The third-order valence-corrected chi connectivity index (χ3v) is 2.05. The number of fused-ring (bicyclic) bond motifs is 1. The molecule has 0 radical (unpaired) electrons. The molecule has 0 atom stereocenters. The van der Waals surface area contributed by atoms with Crippen LogP contribution in [0.1, 0.15) is 11.3 Å². The van der Waals surface area contributed by atoms with Crippen LogP contribution < -0.4 is 0 Å². The Morgan fingerprint density at radius 1 is 1.08 bits per heavy atom. The van der Waals surface area contributed by atoms with Crippen LogP contribution in [0.3, 0.4) is 0 Å². The molecule has 0 unspecified atom stereocenters. The molecule has 0 N–H and O–H groups in total. The highest BCUT2D eigenvalue weighted by molar-refractivity contribution is 5.85. The maximum atomic E-state index is 4.44. The summed E-state index contributed by atoms with van der Waals surface area (Å²) < 4.78 is 0. The van der Waals surface area contributed by atoms with Crippen LogP contribution in [-0.2, 0) is 0 Å². The van der Waals surface area contributed by atoms with Crippen molar-refractivity contribution in [3.05, 3.63) is 41.6 Å². The number of halogens is 1. The van der Waals surface area contributed by atoms with E-state index in [9.17, 15) is 0 Å². The van der Waals surface area contributed by atoms with Crippen LogP contribution in [0.5, 0.6) is 0 Å². The molecule has 1 aromatic carbocycles. The average molecular weight is 194 g/mol. The van der Waals surface area contributed by atoms with Gasteiger partial charge in [0.25, 0.3) is 0 Å². The number of aryl methyl sites for hydroxylation is 2. The monoisotopic (exact) mass is 193 g/mol. The van der Waals surface area contributed by atoms with Crippen LogP contribution in [0, 0.1) is 13.8 Å². The molecular formula is C11H12ClN. The zero-order valence-corrected chi connectivity index (χ0v) is 8.56. The van der Waals surface area contributed by atoms with E-state index in [0.29, 0.717) is 0 Å². The predicted molar refractivity (Wildman–Crippen MR) is 58.5 cm³/mol. The van der Waals surface area contributed by atoms with Crippen molar-refractivity contribution in [1.29, 1.82) is 0 Å². The molecule has 1 nitrogen and oxygen atoms in total. The first-order valence-corrected chi connectivity index (χ1v) is 4.10. The molecule has 0 aliphatic heterocycles. The molecular weight excluding hydrogens is 182 g/mol. The number of pyridine rings is 1. The molecule has 0 spiro atoms. The second-order valence-electron chi connectivity index (χ2n) is 3.10. The summed E-state index contributed by atoms with van der Waals surface area (Å²) >= 11 is 0. The minimum absolute atomic E-state index is 0. The van der Waals surface area contributed by atoms with Gasteiger partial charge in [-0.1, -0.05) is 18.2 Å². The molecule has 0 amide bonds. The summed E-state index contributed by atoms with van der Waals surface area (Å²) in [7, 11) is 0. The predicted octanol–water partition coefficient (Wildman–Crippen LogP) is 3.27. The van der Waals surface area contributed by atoms with Crippen molar-refractivity contribution in [1.82, 2.24) is 4.98 Å². The Bertz CT molecular complexity index is 423. The van der Waals surface area contributed by atoms with E-state index in [0.717, 1.165) is 11.2 Å². The van der Waals surface area contributed by atoms with Crippen molar-refractivity contribution < 1.29 is 0 Å². The van der Waals surface area contributed by atoms with Gasteiger partial charge in [0.1, 0.15) is 0 Å². The van der Waals surface area contributed by atoms with E-state index in [1.807, 2.05) is 19.1 Å². The average Bonchev–Trinajstić information content (AvgIpc) is 2.04. The van der Waals surface area contributed by atoms with E-state index >= 15 is 0 Å². The summed E-state index contributed by atoms with van der Waals surface area (Å²) in [5.74, 6) is 0. The minimum Gasteiger partial charge on any atom is -0.253 e. The highest BCUT2D eigenvalue weighted by Crippen LogP contribution is 2.16. The first-order valence-electron chi connectivity index (χ1n) is 4.10. The highest BCUT2D eigenvalue weighted by atomic mass is 35.5. The molecule has 0 bridgehead atoms. The summed E-state index contributed by atoms with van der Waals surface area (Å²) in [6.07, 6.45) is 0. The van der Waals surface area contributed by atoms with E-state index in [-0.39, 0.29) is 12.4 Å². The third-order valence-electron chi connectivity index (χ3n) is 2.05. The molecule has 0 aliphatic carbocycles. The second-order valence-corrected chi connectivity index (χ2v) is 3.10. The van der Waals surface area contributed by atoms with Gasteiger partial charge in [-0.3, -0.25) is 4.98 Å². The van der Waals surface area contributed by atoms with Crippen molar-refractivity contribution in [2.24, 2.45) is 0 Å². The molecule has 0 fully saturated rings. The van der Waals surface area contributed by atoms with Crippen LogP contribution in [0.25, 0.3) is 10.9 Å². The quantitative estimate of drug-likeness (QED) is 0.626. The van der Waals surface area contributed by atoms with Gasteiger partial charge < -0.3 is 0 Å². The maximum Gasteiger partial charge on any atom is 0.0707 e. The number of aromatic nitrogens is 1. The van der Waals surface area contributed by atoms with Crippen molar-refractivity contribution in [2.45, 2.75) is 13.8 Å². The van der Waals surface area contributed by atoms with Crippen molar-refractivity contribution >= 4 is 23.3 Å². The minimum atomic E-state index is 0. The van der Waals surface area contributed by atoms with Crippen molar-refractivity contribution in [2.75, 3.05) is 0 Å². The molecule has 2 aromatic rings. The lowest BCUT2D eigenvalue weighted by atomic mass is 10.1. The normalized spacial score (nSPS) is 9.69. The molecule has 1 aromatic heterocycles. The summed E-state index contributed by atoms with van der Waals surface area (Å²) in [5.41, 5.74) is 3.49. The van der Waals surface area contributed by atoms with E-state index in [4.69, 9.17) is 0 Å². The standard InChI is InChI=1S/C11H11N.ClH/c1-8-7-9(2)12-11-6-4-3-5-10(8)11;/h3-7H,1-2H3;1H. The van der Waals surface area contributed by atoms with E-state index in [1.165, 1.54) is 10.9 Å². The molecule has 1 heterocycles. The summed E-state index contributed by atoms with van der Waals surface area (Å²) in [5, 5.41) is 1.25. The van der Waals surface area contributed by atoms with E-state index in [2.05, 4.69) is 30.1 Å². The summed E-state index contributed by atoms with van der Waals surface area (Å²) in [4.78, 5) is 4.44. The number of rotatable bonds is 0. The lowest BCUT2D eigenvalue weighted by Gasteiger charge is -2.01. The summed E-state index contributed by atoms with van der Waals surface area (Å²) in [6, 6.07) is 10.3. The van der Waals surface area contributed by atoms with Gasteiger partial charge in [0, 0.05) is 11.1 Å². The van der Waals surface area contributed by atoms with Crippen LogP contribution in [0.2, 0.25) is 0 Å². The van der Waals surface area contributed by atoms with Gasteiger partial charge >= 0.3 is 0 Å². The van der Waals surface area contributed by atoms with E-state index < -0.39 is 0 Å². The number of hydrogen-bond donors (Lipinski definition) is 0. The van der Waals surface area contributed by atoms with E-state index in [1.54, 1.807) is 0 Å². The fraction of sp³-hybridized carbons (Fsp3) is 0.182. The van der Waals surface area contributed by atoms with Gasteiger partial charge in [0.05, 0.1) is 5.52 Å². The summed E-state index contributed by atoms with van der Waals surface area (Å²) in [6.45, 7) is 4.15. The van der Waals surface area contributed by atoms with Crippen molar-refractivity contribution in [3.8, 4) is 0 Å². The Morgan fingerprint density at radius 2 is 1.77 bits per heavy atom. The zero-order chi connectivity index (χ0) is 8.55. The van der Waals surface area contributed by atoms with Gasteiger partial charge in [-0.05, 0) is 31.5 Å². The first-order chi connectivity index (χ1) is 5.77. The molecule has 2 rings (SSSR count). The Balaban J connectivity index is 0.000000845. The molecule has 13 heavy (non-hydrogen) atoms. The molecule has 0 saturated carbocycles. The molecule has 0 aliphatic rings. The fourth-order valence-electron chi connectivity index (χ4n) is 1.52. The SMILES string of the molecule is Cc1cc(C)c2ccccc2n1.Cl. The van der Waals surface area contributed by atoms with Crippen LogP contribution in [-0.4, -0.2) is 4.98 Å². The molecule has 2 heteroatoms. The van der Waals surface area contributed by atoms with Crippen LogP contribution in [0.15, 0.2) is 30.3 Å². The van der Waals surface area contributed by atoms with Gasteiger partial charge in [0.2, 0.25) is 0 Å². The van der Waals surface area contributed by atoms with Crippen molar-refractivity contribution in [3.63, 3.8) is 0 Å². The Labute approximate surface area is 84.2 Å². The maximum absolute atomic E-state index is 4.44. The van der Waals surface area contributed by atoms with Crippen LogP contribution >= 0.6 is 12.4 Å². The third kappa shape index (κ3) is 1.81. The number of benzene rings is 1. The lowest BCUT2D eigenvalue weighted by molar-refractivity contribution is 1.23. The largest absolute Gasteiger partial charge is 0.253 e. The van der Waals surface area contributed by atoms with Gasteiger partial charge in [-0.15, -0.1) is 12.4 Å². The van der Waals surface area contributed by atoms with Gasteiger partial charge in [-0.2, -0.15) is 0 Å². The molecule has 68 valence electrons. The fourth-order valence-corrected chi connectivity index (χ4v) is 1.52. The van der Waals surface area contributed by atoms with Crippen LogP contribution in [0.4, 0.5) is 0 Å². The number of hydrogen-bond acceptors (Lipinski definition) is 1. The highest BCUT2D eigenvalue weighted by Gasteiger charge is 1.97. The topological polar surface area (TPSA) is 12.9 Å². The Kier molecular flexibility index (Phi) is 2.89. The Hall–Kier alpha value is -1.08. The zero-order valence-electron chi connectivity index (χ0n) is 7.74. The number of para-hydroxylation sites is 1. The lowest BCUT2D eigenvalue weighted by Crippen LogP contribution is -1.85. The second kappa shape index (κ2) is 3.75. The number of nitrogens with zero attached hydrogens (tertiary/aromatic N) is 1. The van der Waals surface area contributed by atoms with Gasteiger partial charge in [-0.25, -0.2) is 0 Å². The first kappa shape index (κ1) is 10.0. The Morgan fingerprint density at radius 3 is 2.54 bits per heavy atom. The van der Waals surface area contributed by atoms with Gasteiger partial charge in [0.15, 0.2) is 0 Å². The smallest absolute Gasteiger partial charge is 0.0707 e.